The molecule has 0 saturated carbocycles. The summed E-state index contributed by atoms with van der Waals surface area (Å²) in [6.45, 7) is 0. The van der Waals surface area contributed by atoms with Gasteiger partial charge in [-0.3, -0.25) is 10.1 Å². The summed E-state index contributed by atoms with van der Waals surface area (Å²) in [5.41, 5.74) is 0.954. The van der Waals surface area contributed by atoms with Crippen molar-refractivity contribution in [2.45, 2.75) is 6.42 Å². The Morgan fingerprint density at radius 1 is 1.46 bits per heavy atom. The SMILES string of the molecule is O=[N+]([O-])c1ccc(CC(=S)Cl)cc1. The summed E-state index contributed by atoms with van der Waals surface area (Å²) in [5, 5.41) is 10.3. The molecule has 3 nitrogen and oxygen atoms in total. The van der Waals surface area contributed by atoms with Gasteiger partial charge in [-0.05, 0) is 5.56 Å². The van der Waals surface area contributed by atoms with Crippen molar-refractivity contribution in [1.29, 1.82) is 0 Å². The maximum atomic E-state index is 10.3. The van der Waals surface area contributed by atoms with Crippen LogP contribution in [0.3, 0.4) is 0 Å². The lowest BCUT2D eigenvalue weighted by Gasteiger charge is -1.96. The van der Waals surface area contributed by atoms with Crippen LogP contribution in [0, 0.1) is 10.1 Å². The zero-order valence-electron chi connectivity index (χ0n) is 6.57. The number of benzene rings is 1. The van der Waals surface area contributed by atoms with E-state index in [1.165, 1.54) is 12.1 Å². The predicted octanol–water partition coefficient (Wildman–Crippen LogP) is 2.70. The number of hydrogen-bond donors (Lipinski definition) is 0. The Kier molecular flexibility index (Phi) is 3.33. The van der Waals surface area contributed by atoms with Gasteiger partial charge in [0.1, 0.15) is 0 Å². The zero-order valence-corrected chi connectivity index (χ0v) is 8.14. The van der Waals surface area contributed by atoms with Crippen LogP contribution in [0.5, 0.6) is 0 Å². The highest BCUT2D eigenvalue weighted by molar-refractivity contribution is 7.83. The first-order valence-electron chi connectivity index (χ1n) is 3.51. The summed E-state index contributed by atoms with van der Waals surface area (Å²) in [4.78, 5) is 9.85. The summed E-state index contributed by atoms with van der Waals surface area (Å²) in [6, 6.07) is 6.16. The molecule has 0 aliphatic carbocycles. The van der Waals surface area contributed by atoms with Crippen LogP contribution in [0.4, 0.5) is 5.69 Å². The van der Waals surface area contributed by atoms with Crippen LogP contribution in [0.25, 0.3) is 0 Å². The number of rotatable bonds is 3. The fraction of sp³-hybridized carbons (Fsp3) is 0.125. The second-order valence-electron chi connectivity index (χ2n) is 2.46. The Balaban J connectivity index is 2.81. The van der Waals surface area contributed by atoms with Gasteiger partial charge in [-0.15, -0.1) is 0 Å². The first kappa shape index (κ1) is 10.1. The van der Waals surface area contributed by atoms with Crippen LogP contribution >= 0.6 is 23.8 Å². The van der Waals surface area contributed by atoms with E-state index in [0.29, 0.717) is 10.7 Å². The Labute approximate surface area is 85.5 Å². The fourth-order valence-electron chi connectivity index (χ4n) is 0.896. The summed E-state index contributed by atoms with van der Waals surface area (Å²) in [5.74, 6) is 0. The molecule has 0 bridgehead atoms. The standard InChI is InChI=1S/C8H6ClNO2S/c9-8(13)5-6-1-3-7(4-2-6)10(11)12/h1-4H,5H2. The van der Waals surface area contributed by atoms with E-state index in [-0.39, 0.29) is 5.69 Å². The average Bonchev–Trinajstić information content (AvgIpc) is 2.04. The second kappa shape index (κ2) is 4.30. The lowest BCUT2D eigenvalue weighted by Crippen LogP contribution is -1.92. The van der Waals surface area contributed by atoms with E-state index in [4.69, 9.17) is 23.8 Å². The van der Waals surface area contributed by atoms with E-state index in [9.17, 15) is 10.1 Å². The average molecular weight is 216 g/mol. The predicted molar refractivity (Wildman–Crippen MR) is 55.3 cm³/mol. The van der Waals surface area contributed by atoms with E-state index in [2.05, 4.69) is 0 Å². The Hall–Kier alpha value is -1.00. The lowest BCUT2D eigenvalue weighted by atomic mass is 10.1. The summed E-state index contributed by atoms with van der Waals surface area (Å²) in [6.07, 6.45) is 0.467. The normalized spacial score (nSPS) is 9.62. The highest BCUT2D eigenvalue weighted by atomic mass is 35.5. The number of nitro benzene ring substituents is 1. The van der Waals surface area contributed by atoms with E-state index in [1.807, 2.05) is 0 Å². The minimum absolute atomic E-state index is 0.0734. The van der Waals surface area contributed by atoms with E-state index < -0.39 is 4.92 Å². The largest absolute Gasteiger partial charge is 0.269 e. The van der Waals surface area contributed by atoms with E-state index in [1.54, 1.807) is 12.1 Å². The number of non-ortho nitro benzene ring substituents is 1. The molecular formula is C8H6ClNO2S. The molecule has 68 valence electrons. The first-order valence-corrected chi connectivity index (χ1v) is 4.30. The maximum absolute atomic E-state index is 10.3. The Morgan fingerprint density at radius 2 is 2.00 bits per heavy atom. The third-order valence-electron chi connectivity index (χ3n) is 1.49. The number of thiocarbonyl (C=S) groups is 1. The third-order valence-corrected chi connectivity index (χ3v) is 1.77. The molecule has 0 aliphatic rings. The van der Waals surface area contributed by atoms with Crippen LogP contribution in [0.15, 0.2) is 24.3 Å². The van der Waals surface area contributed by atoms with E-state index >= 15 is 0 Å². The molecule has 0 radical (unpaired) electrons. The molecule has 13 heavy (non-hydrogen) atoms. The van der Waals surface area contributed by atoms with Gasteiger partial charge in [-0.25, -0.2) is 0 Å². The van der Waals surface area contributed by atoms with Crippen LogP contribution in [-0.4, -0.2) is 9.25 Å². The van der Waals surface area contributed by atoms with Gasteiger partial charge in [0.25, 0.3) is 5.69 Å². The molecule has 0 aliphatic heterocycles. The van der Waals surface area contributed by atoms with Gasteiger partial charge in [-0.2, -0.15) is 0 Å². The Morgan fingerprint density at radius 3 is 2.38 bits per heavy atom. The molecule has 1 aromatic rings. The van der Waals surface area contributed by atoms with Crippen LogP contribution < -0.4 is 0 Å². The minimum atomic E-state index is -0.442. The molecule has 0 saturated heterocycles. The minimum Gasteiger partial charge on any atom is -0.258 e. The molecule has 0 aromatic heterocycles. The smallest absolute Gasteiger partial charge is 0.258 e. The van der Waals surface area contributed by atoms with Gasteiger partial charge in [0.2, 0.25) is 0 Å². The van der Waals surface area contributed by atoms with Gasteiger partial charge < -0.3 is 0 Å². The molecular weight excluding hydrogens is 210 g/mol. The molecule has 5 heteroatoms. The van der Waals surface area contributed by atoms with E-state index in [0.717, 1.165) is 5.56 Å². The van der Waals surface area contributed by atoms with Gasteiger partial charge in [0.15, 0.2) is 0 Å². The number of nitro groups is 1. The zero-order chi connectivity index (χ0) is 9.84. The van der Waals surface area contributed by atoms with Crippen molar-refractivity contribution >= 4 is 33.8 Å². The molecule has 1 aromatic carbocycles. The monoisotopic (exact) mass is 215 g/mol. The highest BCUT2D eigenvalue weighted by Crippen LogP contribution is 2.13. The molecule has 1 rings (SSSR count). The van der Waals surface area contributed by atoms with Crippen molar-refractivity contribution in [3.8, 4) is 0 Å². The van der Waals surface area contributed by atoms with Gasteiger partial charge in [-0.1, -0.05) is 36.0 Å². The summed E-state index contributed by atoms with van der Waals surface area (Å²) < 4.78 is 0.355. The van der Waals surface area contributed by atoms with Crippen molar-refractivity contribution in [2.75, 3.05) is 0 Å². The topological polar surface area (TPSA) is 43.1 Å². The molecule has 0 fully saturated rings. The molecule has 0 atom stereocenters. The number of nitrogens with zero attached hydrogens (tertiary/aromatic N) is 1. The van der Waals surface area contributed by atoms with Crippen molar-refractivity contribution < 1.29 is 4.92 Å². The van der Waals surface area contributed by atoms with Crippen molar-refractivity contribution in [3.05, 3.63) is 39.9 Å². The second-order valence-corrected chi connectivity index (χ2v) is 3.63. The highest BCUT2D eigenvalue weighted by Gasteiger charge is 2.03. The van der Waals surface area contributed by atoms with Gasteiger partial charge in [0.05, 0.1) is 9.25 Å². The van der Waals surface area contributed by atoms with Gasteiger partial charge in [0, 0.05) is 18.6 Å². The number of halogens is 1. The molecule has 0 heterocycles. The van der Waals surface area contributed by atoms with Crippen LogP contribution in [0.2, 0.25) is 0 Å². The first-order chi connectivity index (χ1) is 6.09. The quantitative estimate of drug-likeness (QED) is 0.337. The molecule has 0 amide bonds. The van der Waals surface area contributed by atoms with Crippen molar-refractivity contribution in [2.24, 2.45) is 0 Å². The molecule has 0 spiro atoms. The molecule has 0 unspecified atom stereocenters. The number of hydrogen-bond acceptors (Lipinski definition) is 3. The summed E-state index contributed by atoms with van der Waals surface area (Å²) in [7, 11) is 0. The fourth-order valence-corrected chi connectivity index (χ4v) is 1.22. The van der Waals surface area contributed by atoms with Crippen molar-refractivity contribution in [3.63, 3.8) is 0 Å². The van der Waals surface area contributed by atoms with Gasteiger partial charge >= 0.3 is 0 Å². The summed E-state index contributed by atoms with van der Waals surface area (Å²) >= 11 is 10.2. The Bertz CT molecular complexity index is 337. The molecule has 0 N–H and O–H groups in total. The van der Waals surface area contributed by atoms with Crippen molar-refractivity contribution in [1.82, 2.24) is 0 Å². The maximum Gasteiger partial charge on any atom is 0.269 e. The van der Waals surface area contributed by atoms with Crippen LogP contribution in [0.1, 0.15) is 5.56 Å². The van der Waals surface area contributed by atoms with Crippen LogP contribution in [-0.2, 0) is 6.42 Å². The third kappa shape index (κ3) is 3.08. The lowest BCUT2D eigenvalue weighted by molar-refractivity contribution is -0.384.